The van der Waals surface area contributed by atoms with Crippen molar-refractivity contribution in [1.82, 2.24) is 4.57 Å². The van der Waals surface area contributed by atoms with Crippen LogP contribution in [-0.4, -0.2) is 19.2 Å². The van der Waals surface area contributed by atoms with Gasteiger partial charge in [-0.3, -0.25) is 9.36 Å². The Balaban J connectivity index is 2.07. The third-order valence-corrected chi connectivity index (χ3v) is 5.92. The van der Waals surface area contributed by atoms with E-state index in [9.17, 15) is 10.1 Å². The van der Waals surface area contributed by atoms with E-state index in [1.54, 1.807) is 28.8 Å². The van der Waals surface area contributed by atoms with E-state index in [1.165, 1.54) is 0 Å². The lowest BCUT2D eigenvalue weighted by Gasteiger charge is -2.32. The number of rotatable bonds is 5. The van der Waals surface area contributed by atoms with Crippen LogP contribution in [0.3, 0.4) is 0 Å². The summed E-state index contributed by atoms with van der Waals surface area (Å²) in [7, 11) is -1.28. The van der Waals surface area contributed by atoms with Crippen LogP contribution in [0.1, 0.15) is 63.8 Å². The van der Waals surface area contributed by atoms with Crippen LogP contribution in [0.5, 0.6) is 5.75 Å². The highest BCUT2D eigenvalue weighted by atomic mass is 28.3. The van der Waals surface area contributed by atoms with Crippen molar-refractivity contribution in [3.8, 4) is 11.8 Å². The number of hydrogen-bond donors (Lipinski definition) is 0. The summed E-state index contributed by atoms with van der Waals surface area (Å²) in [5.41, 5.74) is 2.30. The third-order valence-electron chi connectivity index (χ3n) is 5.05. The molecule has 1 aromatic carbocycles. The van der Waals surface area contributed by atoms with E-state index >= 15 is 0 Å². The van der Waals surface area contributed by atoms with Crippen molar-refractivity contribution < 1.29 is 9.16 Å². The second-order valence-electron chi connectivity index (χ2n) is 10.2. The number of benzene rings is 1. The summed E-state index contributed by atoms with van der Waals surface area (Å²) in [5, 5.41) is 9.33. The predicted octanol–water partition coefficient (Wildman–Crippen LogP) is 5.26. The van der Waals surface area contributed by atoms with E-state index < -0.39 is 14.6 Å². The van der Waals surface area contributed by atoms with Gasteiger partial charge in [0.2, 0.25) is 0 Å². The fourth-order valence-electron chi connectivity index (χ4n) is 3.83. The van der Waals surface area contributed by atoms with Crippen molar-refractivity contribution in [2.24, 2.45) is 5.41 Å². The van der Waals surface area contributed by atoms with Crippen LogP contribution in [0.15, 0.2) is 47.4 Å². The summed E-state index contributed by atoms with van der Waals surface area (Å²) in [4.78, 5) is 13.2. The lowest BCUT2D eigenvalue weighted by Crippen LogP contribution is -2.32. The summed E-state index contributed by atoms with van der Waals surface area (Å²) < 4.78 is 14.0. The monoisotopic (exact) mass is 436 g/mol. The van der Waals surface area contributed by atoms with Crippen LogP contribution in [0, 0.1) is 16.7 Å². The van der Waals surface area contributed by atoms with E-state index in [2.05, 4.69) is 39.9 Å². The van der Waals surface area contributed by atoms with Gasteiger partial charge < -0.3 is 9.16 Å². The van der Waals surface area contributed by atoms with Crippen molar-refractivity contribution in [3.05, 3.63) is 69.6 Å². The Morgan fingerprint density at radius 1 is 1.23 bits per heavy atom. The van der Waals surface area contributed by atoms with Crippen molar-refractivity contribution in [2.45, 2.75) is 65.8 Å². The van der Waals surface area contributed by atoms with Gasteiger partial charge in [0, 0.05) is 17.8 Å². The van der Waals surface area contributed by atoms with Gasteiger partial charge in [-0.1, -0.05) is 20.8 Å². The minimum absolute atomic E-state index is 0.0860. The molecule has 1 aliphatic rings. The zero-order valence-corrected chi connectivity index (χ0v) is 20.7. The normalized spacial score (nSPS) is 16.2. The second-order valence-corrected chi connectivity index (χ2v) is 12.5. The molecule has 1 aromatic heterocycles. The van der Waals surface area contributed by atoms with Gasteiger partial charge in [-0.2, -0.15) is 5.26 Å². The van der Waals surface area contributed by atoms with Gasteiger partial charge >= 0.3 is 0 Å². The highest BCUT2D eigenvalue weighted by molar-refractivity contribution is 6.48. The fraction of sp³-hybridized carbons (Fsp3) is 0.440. The van der Waals surface area contributed by atoms with E-state index in [4.69, 9.17) is 9.16 Å². The molecule has 0 bridgehead atoms. The van der Waals surface area contributed by atoms with Crippen molar-refractivity contribution >= 4 is 14.7 Å². The molecule has 31 heavy (non-hydrogen) atoms. The smallest absolute Gasteiger partial charge is 0.255 e. The van der Waals surface area contributed by atoms with Crippen molar-refractivity contribution in [2.75, 3.05) is 0 Å². The van der Waals surface area contributed by atoms with E-state index in [-0.39, 0.29) is 17.1 Å². The van der Waals surface area contributed by atoms with E-state index in [1.807, 2.05) is 32.2 Å². The van der Waals surface area contributed by atoms with Gasteiger partial charge in [-0.15, -0.1) is 0 Å². The Morgan fingerprint density at radius 3 is 2.52 bits per heavy atom. The molecule has 1 unspecified atom stereocenters. The van der Waals surface area contributed by atoms with Gasteiger partial charge in [-0.25, -0.2) is 0 Å². The van der Waals surface area contributed by atoms with Gasteiger partial charge in [-0.05, 0) is 74.7 Å². The Labute approximate surface area is 186 Å². The standard InChI is InChI=1S/C25H32N2O3Si/c1-24(2,3)15-22(30-31(6)7)18-10-11-27(23(28)13-18)20-14-25(4,5)29-21-9-8-17(16-26)12-19(20)21/h8-14,22,31H,15H2,1-7H3. The SMILES string of the molecule is C[SiH](C)OC(CC(C)(C)C)c1ccn(C2=CC(C)(C)Oc3ccc(C#N)cc32)c(=O)c1. The molecule has 0 saturated heterocycles. The van der Waals surface area contributed by atoms with Gasteiger partial charge in [0.1, 0.15) is 11.4 Å². The Bertz CT molecular complexity index is 1100. The third kappa shape index (κ3) is 5.55. The highest BCUT2D eigenvalue weighted by Crippen LogP contribution is 2.37. The zero-order chi connectivity index (χ0) is 23.0. The number of pyridine rings is 1. The average Bonchev–Trinajstić information content (AvgIpc) is 2.64. The zero-order valence-electron chi connectivity index (χ0n) is 19.5. The Hall–Kier alpha value is -2.62. The maximum atomic E-state index is 13.2. The number of nitriles is 1. The number of aromatic nitrogens is 1. The number of ether oxygens (including phenoxy) is 1. The summed E-state index contributed by atoms with van der Waals surface area (Å²) in [6.45, 7) is 14.8. The molecule has 164 valence electrons. The number of nitrogens with zero attached hydrogens (tertiary/aromatic N) is 2. The minimum Gasteiger partial charge on any atom is -0.483 e. The average molecular weight is 437 g/mol. The molecule has 0 aliphatic carbocycles. The molecule has 0 radical (unpaired) electrons. The van der Waals surface area contributed by atoms with Crippen LogP contribution in [0.25, 0.3) is 5.70 Å². The molecular weight excluding hydrogens is 404 g/mol. The predicted molar refractivity (Wildman–Crippen MR) is 127 cm³/mol. The number of hydrogen-bond acceptors (Lipinski definition) is 4. The van der Waals surface area contributed by atoms with Crippen LogP contribution < -0.4 is 10.3 Å². The molecule has 0 fully saturated rings. The molecule has 0 amide bonds. The van der Waals surface area contributed by atoms with E-state index in [0.717, 1.165) is 23.2 Å². The van der Waals surface area contributed by atoms with Crippen molar-refractivity contribution in [1.29, 1.82) is 5.26 Å². The van der Waals surface area contributed by atoms with Gasteiger partial charge in [0.05, 0.1) is 23.4 Å². The van der Waals surface area contributed by atoms with Gasteiger partial charge in [0.25, 0.3) is 5.56 Å². The molecule has 1 atom stereocenters. The summed E-state index contributed by atoms with van der Waals surface area (Å²) >= 11 is 0. The minimum atomic E-state index is -1.28. The van der Waals surface area contributed by atoms with Gasteiger partial charge in [0.15, 0.2) is 9.04 Å². The molecule has 2 heterocycles. The first-order chi connectivity index (χ1) is 14.4. The summed E-state index contributed by atoms with van der Waals surface area (Å²) in [6.07, 6.45) is 4.50. The summed E-state index contributed by atoms with van der Waals surface area (Å²) in [6, 6.07) is 11.1. The molecule has 2 aromatic rings. The molecule has 0 spiro atoms. The summed E-state index contributed by atoms with van der Waals surface area (Å²) in [5.74, 6) is 0.664. The maximum absolute atomic E-state index is 13.2. The molecule has 6 heteroatoms. The molecule has 0 saturated carbocycles. The first-order valence-corrected chi connectivity index (χ1v) is 13.5. The van der Waals surface area contributed by atoms with Crippen LogP contribution in [-0.2, 0) is 4.43 Å². The largest absolute Gasteiger partial charge is 0.483 e. The Morgan fingerprint density at radius 2 is 1.94 bits per heavy atom. The molecule has 1 aliphatic heterocycles. The highest BCUT2D eigenvalue weighted by Gasteiger charge is 2.29. The van der Waals surface area contributed by atoms with Crippen LogP contribution in [0.4, 0.5) is 0 Å². The topological polar surface area (TPSA) is 64.2 Å². The van der Waals surface area contributed by atoms with Crippen LogP contribution >= 0.6 is 0 Å². The molecule has 3 rings (SSSR count). The Kier molecular flexibility index (Phi) is 6.31. The van der Waals surface area contributed by atoms with Crippen LogP contribution in [0.2, 0.25) is 13.1 Å². The molecule has 5 nitrogen and oxygen atoms in total. The lowest BCUT2D eigenvalue weighted by molar-refractivity contribution is 0.146. The number of fused-ring (bicyclic) bond motifs is 1. The van der Waals surface area contributed by atoms with E-state index in [0.29, 0.717) is 11.3 Å². The first kappa shape index (κ1) is 23.0. The quantitative estimate of drug-likeness (QED) is 0.600. The first-order valence-electron chi connectivity index (χ1n) is 10.7. The second kappa shape index (κ2) is 8.49. The molecular formula is C25H32N2O3Si. The molecule has 0 N–H and O–H groups in total. The maximum Gasteiger partial charge on any atom is 0.255 e. The fourth-order valence-corrected chi connectivity index (χ4v) is 4.74. The lowest BCUT2D eigenvalue weighted by atomic mass is 9.87. The van der Waals surface area contributed by atoms with Crippen molar-refractivity contribution in [3.63, 3.8) is 0 Å².